The Kier molecular flexibility index (Phi) is 4.44. The van der Waals surface area contributed by atoms with Crippen LogP contribution in [0.2, 0.25) is 0 Å². The Morgan fingerprint density at radius 3 is 2.45 bits per heavy atom. The zero-order chi connectivity index (χ0) is 14.4. The highest BCUT2D eigenvalue weighted by Crippen LogP contribution is 2.23. The summed E-state index contributed by atoms with van der Waals surface area (Å²) in [5, 5.41) is 13.3. The Morgan fingerprint density at radius 2 is 1.80 bits per heavy atom. The number of hydrazone groups is 1. The van der Waals surface area contributed by atoms with Gasteiger partial charge in [-0.05, 0) is 36.4 Å². The number of hydrogen-bond donors (Lipinski definition) is 2. The van der Waals surface area contributed by atoms with Crippen molar-refractivity contribution in [2.45, 2.75) is 0 Å². The molecular weight excluding hydrogens is 256 g/mol. The lowest BCUT2D eigenvalue weighted by atomic mass is 10.2. The molecule has 0 aliphatic rings. The number of nitrogens with zero attached hydrogens (tertiary/aromatic N) is 1. The van der Waals surface area contributed by atoms with E-state index in [9.17, 15) is 5.11 Å². The Labute approximate surface area is 117 Å². The van der Waals surface area contributed by atoms with Gasteiger partial charge in [-0.2, -0.15) is 5.10 Å². The summed E-state index contributed by atoms with van der Waals surface area (Å²) in [5.74, 6) is 1.63. The first-order chi connectivity index (χ1) is 9.72. The number of phenols is 1. The topological polar surface area (TPSA) is 63.1 Å². The number of hydrogen-bond acceptors (Lipinski definition) is 5. The molecule has 0 aliphatic carbocycles. The van der Waals surface area contributed by atoms with Crippen LogP contribution in [0.5, 0.6) is 17.2 Å². The molecule has 0 aromatic heterocycles. The average molecular weight is 272 g/mol. The van der Waals surface area contributed by atoms with Crippen LogP contribution in [0.4, 0.5) is 5.69 Å². The van der Waals surface area contributed by atoms with Gasteiger partial charge >= 0.3 is 0 Å². The molecule has 0 saturated carbocycles. The molecule has 0 unspecified atom stereocenters. The second-order valence-corrected chi connectivity index (χ2v) is 4.02. The number of ether oxygens (including phenoxy) is 2. The first-order valence-electron chi connectivity index (χ1n) is 6.03. The summed E-state index contributed by atoms with van der Waals surface area (Å²) in [5.41, 5.74) is 4.49. The highest BCUT2D eigenvalue weighted by atomic mass is 16.5. The molecular formula is C15H16N2O3. The molecule has 5 nitrogen and oxygen atoms in total. The second-order valence-electron chi connectivity index (χ2n) is 4.02. The van der Waals surface area contributed by atoms with Gasteiger partial charge in [-0.25, -0.2) is 0 Å². The van der Waals surface area contributed by atoms with Crippen LogP contribution in [-0.2, 0) is 0 Å². The molecule has 0 bridgehead atoms. The molecule has 104 valence electrons. The molecule has 20 heavy (non-hydrogen) atoms. The Balaban J connectivity index is 2.09. The van der Waals surface area contributed by atoms with Crippen molar-refractivity contribution < 1.29 is 14.6 Å². The lowest BCUT2D eigenvalue weighted by Crippen LogP contribution is -1.95. The highest BCUT2D eigenvalue weighted by Gasteiger charge is 2.02. The van der Waals surface area contributed by atoms with Crippen LogP contribution >= 0.6 is 0 Å². The van der Waals surface area contributed by atoms with Crippen LogP contribution in [0, 0.1) is 0 Å². The minimum atomic E-state index is 0.219. The van der Waals surface area contributed by atoms with Gasteiger partial charge in [-0.1, -0.05) is 0 Å². The van der Waals surface area contributed by atoms with Crippen molar-refractivity contribution in [1.82, 2.24) is 0 Å². The van der Waals surface area contributed by atoms with Crippen LogP contribution in [0.3, 0.4) is 0 Å². The quantitative estimate of drug-likeness (QED) is 0.499. The van der Waals surface area contributed by atoms with E-state index in [0.717, 1.165) is 17.0 Å². The lowest BCUT2D eigenvalue weighted by molar-refractivity contribution is 0.394. The van der Waals surface area contributed by atoms with E-state index in [-0.39, 0.29) is 5.75 Å². The van der Waals surface area contributed by atoms with Crippen molar-refractivity contribution in [2.75, 3.05) is 19.6 Å². The normalized spacial score (nSPS) is 10.5. The van der Waals surface area contributed by atoms with Gasteiger partial charge in [0.1, 0.15) is 17.2 Å². The monoisotopic (exact) mass is 272 g/mol. The van der Waals surface area contributed by atoms with Crippen molar-refractivity contribution in [2.24, 2.45) is 5.10 Å². The highest BCUT2D eigenvalue weighted by molar-refractivity contribution is 5.84. The third-order valence-corrected chi connectivity index (χ3v) is 2.71. The van der Waals surface area contributed by atoms with E-state index in [1.54, 1.807) is 50.8 Å². The van der Waals surface area contributed by atoms with Crippen molar-refractivity contribution >= 4 is 11.9 Å². The molecule has 2 rings (SSSR count). The number of rotatable bonds is 5. The largest absolute Gasteiger partial charge is 0.508 e. The number of nitrogens with one attached hydrogen (secondary N) is 1. The standard InChI is InChI=1S/C15H16N2O3/c1-19-14-8-3-11(15(9-14)20-2)10-16-17-12-4-6-13(18)7-5-12/h3-10,17-18H,1-2H3/b16-10+. The molecule has 5 heteroatoms. The minimum Gasteiger partial charge on any atom is -0.508 e. The third-order valence-electron chi connectivity index (χ3n) is 2.71. The Hall–Kier alpha value is -2.69. The zero-order valence-electron chi connectivity index (χ0n) is 11.3. The molecule has 0 saturated heterocycles. The molecule has 2 aromatic rings. The third kappa shape index (κ3) is 3.41. The van der Waals surface area contributed by atoms with Crippen molar-refractivity contribution in [3.05, 3.63) is 48.0 Å². The van der Waals surface area contributed by atoms with Crippen LogP contribution in [0.15, 0.2) is 47.6 Å². The number of benzene rings is 2. The van der Waals surface area contributed by atoms with E-state index in [4.69, 9.17) is 9.47 Å². The van der Waals surface area contributed by atoms with E-state index in [2.05, 4.69) is 10.5 Å². The maximum absolute atomic E-state index is 9.18. The molecule has 0 fully saturated rings. The molecule has 2 N–H and O–H groups in total. The maximum Gasteiger partial charge on any atom is 0.131 e. The van der Waals surface area contributed by atoms with Crippen molar-refractivity contribution in [3.63, 3.8) is 0 Å². The maximum atomic E-state index is 9.18. The summed E-state index contributed by atoms with van der Waals surface area (Å²) in [6.45, 7) is 0. The molecule has 0 aliphatic heterocycles. The van der Waals surface area contributed by atoms with Crippen molar-refractivity contribution in [3.8, 4) is 17.2 Å². The summed E-state index contributed by atoms with van der Waals surface area (Å²) in [7, 11) is 3.20. The molecule has 0 atom stereocenters. The smallest absolute Gasteiger partial charge is 0.131 e. The SMILES string of the molecule is COc1ccc(/C=N/Nc2ccc(O)cc2)c(OC)c1. The summed E-state index contributed by atoms with van der Waals surface area (Å²) in [4.78, 5) is 0. The van der Waals surface area contributed by atoms with E-state index in [1.165, 1.54) is 0 Å². The van der Waals surface area contributed by atoms with E-state index < -0.39 is 0 Å². The predicted octanol–water partition coefficient (Wildman–Crippen LogP) is 2.86. The van der Waals surface area contributed by atoms with Crippen LogP contribution in [0.25, 0.3) is 0 Å². The second kappa shape index (κ2) is 6.47. The fraction of sp³-hybridized carbons (Fsp3) is 0.133. The number of methoxy groups -OCH3 is 2. The van der Waals surface area contributed by atoms with Crippen LogP contribution in [0.1, 0.15) is 5.56 Å². The molecule has 2 aromatic carbocycles. The van der Waals surface area contributed by atoms with Crippen LogP contribution < -0.4 is 14.9 Å². The van der Waals surface area contributed by atoms with Gasteiger partial charge in [0.25, 0.3) is 0 Å². The van der Waals surface area contributed by atoms with Gasteiger partial charge in [0.2, 0.25) is 0 Å². The van der Waals surface area contributed by atoms with Gasteiger partial charge in [0.15, 0.2) is 0 Å². The number of aromatic hydroxyl groups is 1. The van der Waals surface area contributed by atoms with E-state index in [1.807, 2.05) is 12.1 Å². The lowest BCUT2D eigenvalue weighted by Gasteiger charge is -2.07. The van der Waals surface area contributed by atoms with E-state index in [0.29, 0.717) is 5.75 Å². The summed E-state index contributed by atoms with van der Waals surface area (Å²) < 4.78 is 10.4. The molecule has 0 amide bonds. The van der Waals surface area contributed by atoms with Crippen molar-refractivity contribution in [1.29, 1.82) is 0 Å². The van der Waals surface area contributed by atoms with Crippen LogP contribution in [-0.4, -0.2) is 25.5 Å². The number of phenolic OH excluding ortho intramolecular Hbond substituents is 1. The summed E-state index contributed by atoms with van der Waals surface area (Å²) >= 11 is 0. The first-order valence-corrected chi connectivity index (χ1v) is 6.03. The molecule has 0 heterocycles. The van der Waals surface area contributed by atoms with Gasteiger partial charge in [-0.15, -0.1) is 0 Å². The fourth-order valence-corrected chi connectivity index (χ4v) is 1.64. The number of anilines is 1. The van der Waals surface area contributed by atoms with Gasteiger partial charge in [0.05, 0.1) is 26.1 Å². The minimum absolute atomic E-state index is 0.219. The van der Waals surface area contributed by atoms with E-state index >= 15 is 0 Å². The molecule has 0 spiro atoms. The first kappa shape index (κ1) is 13.7. The van der Waals surface area contributed by atoms with Gasteiger partial charge < -0.3 is 14.6 Å². The summed E-state index contributed by atoms with van der Waals surface area (Å²) in [6, 6.07) is 12.1. The zero-order valence-corrected chi connectivity index (χ0v) is 11.3. The predicted molar refractivity (Wildman–Crippen MR) is 78.9 cm³/mol. The summed E-state index contributed by atoms with van der Waals surface area (Å²) in [6.07, 6.45) is 1.66. The Morgan fingerprint density at radius 1 is 1.05 bits per heavy atom. The average Bonchev–Trinajstić information content (AvgIpc) is 2.49. The van der Waals surface area contributed by atoms with Gasteiger partial charge in [-0.3, -0.25) is 5.43 Å². The fourth-order valence-electron chi connectivity index (χ4n) is 1.64. The molecule has 0 radical (unpaired) electrons. The van der Waals surface area contributed by atoms with Gasteiger partial charge in [0, 0.05) is 11.6 Å². The Bertz CT molecular complexity index is 595.